The van der Waals surface area contributed by atoms with Gasteiger partial charge in [-0.15, -0.1) is 0 Å². The lowest BCUT2D eigenvalue weighted by molar-refractivity contribution is -0.708. The van der Waals surface area contributed by atoms with Crippen LogP contribution < -0.4 is 10.9 Å². The average molecular weight is 350 g/mol. The summed E-state index contributed by atoms with van der Waals surface area (Å²) in [6.07, 6.45) is 2.95. The van der Waals surface area contributed by atoms with Gasteiger partial charge in [0.15, 0.2) is 0 Å². The molecular formula is C22H28N3O+. The molecule has 0 aliphatic carbocycles. The van der Waals surface area contributed by atoms with Crippen LogP contribution in [0.25, 0.3) is 5.65 Å². The maximum absolute atomic E-state index is 12.3. The Kier molecular flexibility index (Phi) is 5.52. The van der Waals surface area contributed by atoms with Gasteiger partial charge in [-0.2, -0.15) is 0 Å². The van der Waals surface area contributed by atoms with Crippen molar-refractivity contribution in [2.75, 3.05) is 0 Å². The number of hydrogen-bond donors (Lipinski definition) is 1. The van der Waals surface area contributed by atoms with Gasteiger partial charge in [0.25, 0.3) is 5.56 Å². The molecule has 4 nitrogen and oxygen atoms in total. The second kappa shape index (κ2) is 7.83. The van der Waals surface area contributed by atoms with E-state index in [0.717, 1.165) is 17.7 Å². The molecule has 136 valence electrons. The van der Waals surface area contributed by atoms with Crippen LogP contribution in [0.1, 0.15) is 49.2 Å². The molecule has 0 saturated heterocycles. The van der Waals surface area contributed by atoms with Gasteiger partial charge in [-0.1, -0.05) is 44.2 Å². The molecule has 1 aromatic carbocycles. The van der Waals surface area contributed by atoms with E-state index < -0.39 is 0 Å². The summed E-state index contributed by atoms with van der Waals surface area (Å²) in [7, 11) is 0. The first-order valence-electron chi connectivity index (χ1n) is 9.33. The lowest BCUT2D eigenvalue weighted by Gasteiger charge is -2.12. The number of pyridine rings is 1. The van der Waals surface area contributed by atoms with Gasteiger partial charge in [0.1, 0.15) is 23.9 Å². The summed E-state index contributed by atoms with van der Waals surface area (Å²) < 4.78 is 1.61. The minimum Gasteiger partial charge on any atom is -0.335 e. The fourth-order valence-corrected chi connectivity index (χ4v) is 3.23. The zero-order valence-corrected chi connectivity index (χ0v) is 16.1. The number of nitrogens with two attached hydrogens (primary N) is 1. The van der Waals surface area contributed by atoms with Gasteiger partial charge in [-0.05, 0) is 43.4 Å². The molecular weight excluding hydrogens is 322 g/mol. The van der Waals surface area contributed by atoms with E-state index in [0.29, 0.717) is 24.2 Å². The van der Waals surface area contributed by atoms with Crippen molar-refractivity contribution in [3.8, 4) is 0 Å². The Labute approximate surface area is 154 Å². The Balaban J connectivity index is 1.69. The summed E-state index contributed by atoms with van der Waals surface area (Å²) in [5.74, 6) is 0.673. The lowest BCUT2D eigenvalue weighted by Crippen LogP contribution is -2.83. The fourth-order valence-electron chi connectivity index (χ4n) is 3.23. The Hall–Kier alpha value is -2.46. The molecule has 2 N–H and O–H groups in total. The van der Waals surface area contributed by atoms with Crippen LogP contribution in [0, 0.1) is 12.8 Å². The van der Waals surface area contributed by atoms with E-state index in [1.807, 2.05) is 25.3 Å². The molecule has 0 spiro atoms. The third-order valence-electron chi connectivity index (χ3n) is 4.69. The first-order chi connectivity index (χ1) is 12.4. The molecule has 0 radical (unpaired) electrons. The standard InChI is InChI=1S/C22H27N3O/c1-15(2)11-18-6-8-19(9-7-18)17(4)23-13-20-12-22(26)25-14-16(3)5-10-21(25)24-20/h5-10,12,14-15,17,23H,11,13H2,1-4H3/p+1/t17-/m1/s1. The number of fused-ring (bicyclic) bond motifs is 1. The van der Waals surface area contributed by atoms with Crippen molar-refractivity contribution in [2.24, 2.45) is 5.92 Å². The van der Waals surface area contributed by atoms with Gasteiger partial charge in [0.05, 0.1) is 0 Å². The summed E-state index contributed by atoms with van der Waals surface area (Å²) in [5.41, 5.74) is 5.24. The van der Waals surface area contributed by atoms with Crippen LogP contribution in [0.15, 0.2) is 53.5 Å². The third-order valence-corrected chi connectivity index (χ3v) is 4.69. The summed E-state index contributed by atoms with van der Waals surface area (Å²) in [4.78, 5) is 16.9. The van der Waals surface area contributed by atoms with Crippen LogP contribution in [-0.2, 0) is 13.0 Å². The fraction of sp³-hybridized carbons (Fsp3) is 0.364. The topological polar surface area (TPSA) is 51.0 Å². The molecule has 26 heavy (non-hydrogen) atoms. The predicted molar refractivity (Wildman–Crippen MR) is 105 cm³/mol. The molecule has 1 atom stereocenters. The SMILES string of the molecule is Cc1ccc2nc(C[NH2+][C@H](C)c3ccc(CC(C)C)cc3)cc(=O)n2c1. The summed E-state index contributed by atoms with van der Waals surface area (Å²) in [6, 6.07) is 14.7. The number of benzene rings is 1. The van der Waals surface area contributed by atoms with Gasteiger partial charge in [-0.25, -0.2) is 4.98 Å². The molecule has 3 rings (SSSR count). The maximum Gasteiger partial charge on any atom is 0.258 e. The van der Waals surface area contributed by atoms with Crippen molar-refractivity contribution in [2.45, 2.75) is 46.7 Å². The highest BCUT2D eigenvalue weighted by Crippen LogP contribution is 2.13. The number of rotatable bonds is 6. The quantitative estimate of drug-likeness (QED) is 0.743. The Morgan fingerprint density at radius 3 is 2.50 bits per heavy atom. The summed E-state index contributed by atoms with van der Waals surface area (Å²) in [6.45, 7) is 9.33. The van der Waals surface area contributed by atoms with Crippen molar-refractivity contribution >= 4 is 5.65 Å². The first kappa shape index (κ1) is 18.3. The molecule has 2 heterocycles. The van der Waals surface area contributed by atoms with E-state index in [4.69, 9.17) is 0 Å². The van der Waals surface area contributed by atoms with Crippen LogP contribution >= 0.6 is 0 Å². The van der Waals surface area contributed by atoms with Crippen molar-refractivity contribution in [3.63, 3.8) is 0 Å². The second-order valence-electron chi connectivity index (χ2n) is 7.59. The van der Waals surface area contributed by atoms with E-state index in [9.17, 15) is 4.79 Å². The van der Waals surface area contributed by atoms with Gasteiger partial charge in [0.2, 0.25) is 0 Å². The van der Waals surface area contributed by atoms with Crippen molar-refractivity contribution < 1.29 is 5.32 Å². The molecule has 2 aromatic heterocycles. The van der Waals surface area contributed by atoms with Crippen molar-refractivity contribution in [3.05, 3.63) is 81.4 Å². The van der Waals surface area contributed by atoms with E-state index in [1.54, 1.807) is 10.5 Å². The third kappa shape index (κ3) is 4.38. The summed E-state index contributed by atoms with van der Waals surface area (Å²) in [5, 5.41) is 2.23. The van der Waals surface area contributed by atoms with E-state index in [1.165, 1.54) is 11.1 Å². The summed E-state index contributed by atoms with van der Waals surface area (Å²) >= 11 is 0. The molecule has 0 aliphatic rings. The molecule has 4 heteroatoms. The van der Waals surface area contributed by atoms with Crippen LogP contribution in [0.4, 0.5) is 0 Å². The number of hydrogen-bond acceptors (Lipinski definition) is 2. The average Bonchev–Trinajstić information content (AvgIpc) is 2.60. The number of aromatic nitrogens is 2. The zero-order chi connectivity index (χ0) is 18.7. The van der Waals surface area contributed by atoms with Crippen molar-refractivity contribution in [1.82, 2.24) is 9.38 Å². The largest absolute Gasteiger partial charge is 0.335 e. The number of quaternary nitrogens is 1. The highest BCUT2D eigenvalue weighted by Gasteiger charge is 2.11. The van der Waals surface area contributed by atoms with Gasteiger partial charge >= 0.3 is 0 Å². The molecule has 0 amide bonds. The smallest absolute Gasteiger partial charge is 0.258 e. The van der Waals surface area contributed by atoms with Crippen LogP contribution in [0.3, 0.4) is 0 Å². The highest BCUT2D eigenvalue weighted by molar-refractivity contribution is 5.39. The Bertz CT molecular complexity index is 942. The Morgan fingerprint density at radius 2 is 1.81 bits per heavy atom. The van der Waals surface area contributed by atoms with Crippen LogP contribution in [0.2, 0.25) is 0 Å². The minimum atomic E-state index is -0.0206. The second-order valence-corrected chi connectivity index (χ2v) is 7.59. The van der Waals surface area contributed by atoms with Crippen molar-refractivity contribution in [1.29, 1.82) is 0 Å². The van der Waals surface area contributed by atoms with Crippen LogP contribution in [0.5, 0.6) is 0 Å². The van der Waals surface area contributed by atoms with Gasteiger partial charge in [0, 0.05) is 17.8 Å². The highest BCUT2D eigenvalue weighted by atomic mass is 16.1. The maximum atomic E-state index is 12.3. The van der Waals surface area contributed by atoms with E-state index >= 15 is 0 Å². The predicted octanol–water partition coefficient (Wildman–Crippen LogP) is 3.03. The van der Waals surface area contributed by atoms with Gasteiger partial charge in [-0.3, -0.25) is 9.20 Å². The molecule has 0 saturated carbocycles. The monoisotopic (exact) mass is 350 g/mol. The Morgan fingerprint density at radius 1 is 1.08 bits per heavy atom. The minimum absolute atomic E-state index is 0.0206. The molecule has 0 unspecified atom stereocenters. The zero-order valence-electron chi connectivity index (χ0n) is 16.1. The lowest BCUT2D eigenvalue weighted by atomic mass is 10.00. The van der Waals surface area contributed by atoms with Gasteiger partial charge < -0.3 is 5.32 Å². The normalized spacial score (nSPS) is 12.7. The molecule has 0 aliphatic heterocycles. The molecule has 0 fully saturated rings. The van der Waals surface area contributed by atoms with Crippen LogP contribution in [-0.4, -0.2) is 9.38 Å². The first-order valence-corrected chi connectivity index (χ1v) is 9.33. The number of nitrogens with zero attached hydrogens (tertiary/aromatic N) is 2. The number of aryl methyl sites for hydroxylation is 1. The van der Waals surface area contributed by atoms with E-state index in [2.05, 4.69) is 55.3 Å². The van der Waals surface area contributed by atoms with E-state index in [-0.39, 0.29) is 5.56 Å². The molecule has 3 aromatic rings. The molecule has 0 bridgehead atoms.